The van der Waals surface area contributed by atoms with Crippen LogP contribution in [-0.2, 0) is 10.3 Å². The standard InChI is InChI=1S/C21H20N4O2/c1-15-5-8-25-19(11-15)18(14-23-25)20(26)24-21(6-9-27-10-7-21)17-4-2-3-16(12-17)13-22/h2-5,8,11-12,14H,6-7,9-10H2,1H3,(H,24,26). The third kappa shape index (κ3) is 3.18. The van der Waals surface area contributed by atoms with E-state index in [1.165, 1.54) is 0 Å². The zero-order chi connectivity index (χ0) is 18.9. The second-order valence-electron chi connectivity index (χ2n) is 6.93. The number of pyridine rings is 1. The zero-order valence-corrected chi connectivity index (χ0v) is 15.1. The molecule has 3 heterocycles. The van der Waals surface area contributed by atoms with Crippen LogP contribution in [0.4, 0.5) is 0 Å². The van der Waals surface area contributed by atoms with Crippen LogP contribution in [0.5, 0.6) is 0 Å². The molecule has 27 heavy (non-hydrogen) atoms. The van der Waals surface area contributed by atoms with Crippen LogP contribution in [0.25, 0.3) is 5.52 Å². The first-order valence-corrected chi connectivity index (χ1v) is 8.96. The number of hydrogen-bond acceptors (Lipinski definition) is 4. The Balaban J connectivity index is 1.72. The monoisotopic (exact) mass is 360 g/mol. The number of carbonyl (C=O) groups excluding carboxylic acids is 1. The number of carbonyl (C=O) groups is 1. The minimum absolute atomic E-state index is 0.167. The number of benzene rings is 1. The molecule has 1 aliphatic heterocycles. The lowest BCUT2D eigenvalue weighted by Gasteiger charge is -2.38. The number of nitrogens with one attached hydrogen (secondary N) is 1. The second-order valence-corrected chi connectivity index (χ2v) is 6.93. The van der Waals surface area contributed by atoms with Crippen molar-refractivity contribution in [3.8, 4) is 6.07 Å². The van der Waals surface area contributed by atoms with Crippen molar-refractivity contribution in [3.05, 3.63) is 71.0 Å². The average Bonchev–Trinajstić information content (AvgIpc) is 3.12. The van der Waals surface area contributed by atoms with E-state index in [9.17, 15) is 10.1 Å². The van der Waals surface area contributed by atoms with Crippen LogP contribution >= 0.6 is 0 Å². The predicted octanol–water partition coefficient (Wildman–Crippen LogP) is 2.95. The van der Waals surface area contributed by atoms with Crippen LogP contribution in [0.15, 0.2) is 48.8 Å². The van der Waals surface area contributed by atoms with Gasteiger partial charge in [0.1, 0.15) is 0 Å². The van der Waals surface area contributed by atoms with Crippen molar-refractivity contribution < 1.29 is 9.53 Å². The zero-order valence-electron chi connectivity index (χ0n) is 15.1. The Hall–Kier alpha value is -3.17. The fourth-order valence-corrected chi connectivity index (χ4v) is 3.64. The molecular formula is C21H20N4O2. The minimum Gasteiger partial charge on any atom is -0.381 e. The van der Waals surface area contributed by atoms with Gasteiger partial charge in [-0.15, -0.1) is 0 Å². The van der Waals surface area contributed by atoms with Crippen molar-refractivity contribution in [1.82, 2.24) is 14.9 Å². The van der Waals surface area contributed by atoms with E-state index in [4.69, 9.17) is 4.74 Å². The summed E-state index contributed by atoms with van der Waals surface area (Å²) in [5, 5.41) is 16.8. The molecule has 0 atom stereocenters. The van der Waals surface area contributed by atoms with E-state index in [0.717, 1.165) is 16.6 Å². The Morgan fingerprint density at radius 2 is 2.11 bits per heavy atom. The lowest BCUT2D eigenvalue weighted by molar-refractivity contribution is 0.0346. The molecule has 6 heteroatoms. The van der Waals surface area contributed by atoms with Gasteiger partial charge in [0.25, 0.3) is 5.91 Å². The molecule has 0 spiro atoms. The molecule has 1 N–H and O–H groups in total. The second kappa shape index (κ2) is 6.86. The number of ether oxygens (including phenoxy) is 1. The van der Waals surface area contributed by atoms with Gasteiger partial charge in [-0.1, -0.05) is 12.1 Å². The highest BCUT2D eigenvalue weighted by molar-refractivity contribution is 6.01. The smallest absolute Gasteiger partial charge is 0.255 e. The summed E-state index contributed by atoms with van der Waals surface area (Å²) in [6.07, 6.45) is 4.77. The molecule has 1 aromatic carbocycles. The third-order valence-electron chi connectivity index (χ3n) is 5.17. The van der Waals surface area contributed by atoms with Crippen molar-refractivity contribution in [2.45, 2.75) is 25.3 Å². The molecule has 0 radical (unpaired) electrons. The Labute approximate surface area is 157 Å². The fraction of sp³-hybridized carbons (Fsp3) is 0.286. The van der Waals surface area contributed by atoms with Gasteiger partial charge in [-0.2, -0.15) is 10.4 Å². The van der Waals surface area contributed by atoms with Crippen LogP contribution in [-0.4, -0.2) is 28.7 Å². The number of aryl methyl sites for hydroxylation is 1. The summed E-state index contributed by atoms with van der Waals surface area (Å²) in [6.45, 7) is 3.11. The van der Waals surface area contributed by atoms with Crippen molar-refractivity contribution in [2.75, 3.05) is 13.2 Å². The maximum atomic E-state index is 13.2. The number of amides is 1. The third-order valence-corrected chi connectivity index (χ3v) is 5.17. The number of aromatic nitrogens is 2. The van der Waals surface area contributed by atoms with Gasteiger partial charge in [0.05, 0.1) is 34.4 Å². The van der Waals surface area contributed by atoms with Crippen molar-refractivity contribution >= 4 is 11.4 Å². The van der Waals surface area contributed by atoms with Crippen molar-refractivity contribution in [3.63, 3.8) is 0 Å². The fourth-order valence-electron chi connectivity index (χ4n) is 3.64. The average molecular weight is 360 g/mol. The molecule has 2 aromatic heterocycles. The van der Waals surface area contributed by atoms with E-state index < -0.39 is 5.54 Å². The van der Waals surface area contributed by atoms with Gasteiger partial charge < -0.3 is 10.1 Å². The molecule has 1 amide bonds. The Bertz CT molecular complexity index is 1040. The van der Waals surface area contributed by atoms with Gasteiger partial charge in [-0.25, -0.2) is 4.52 Å². The van der Waals surface area contributed by atoms with E-state index in [1.807, 2.05) is 43.5 Å². The Kier molecular flexibility index (Phi) is 4.38. The van der Waals surface area contributed by atoms with Gasteiger partial charge in [0.2, 0.25) is 0 Å². The molecule has 0 aliphatic carbocycles. The van der Waals surface area contributed by atoms with Gasteiger partial charge in [0.15, 0.2) is 0 Å². The summed E-state index contributed by atoms with van der Waals surface area (Å²) >= 11 is 0. The summed E-state index contributed by atoms with van der Waals surface area (Å²) in [6, 6.07) is 13.5. The molecular weight excluding hydrogens is 340 g/mol. The molecule has 1 fully saturated rings. The highest BCUT2D eigenvalue weighted by Gasteiger charge is 2.37. The highest BCUT2D eigenvalue weighted by Crippen LogP contribution is 2.33. The Morgan fingerprint density at radius 1 is 1.30 bits per heavy atom. The SMILES string of the molecule is Cc1ccn2ncc(C(=O)NC3(c4cccc(C#N)c4)CCOCC3)c2c1. The summed E-state index contributed by atoms with van der Waals surface area (Å²) in [7, 11) is 0. The summed E-state index contributed by atoms with van der Waals surface area (Å²) in [4.78, 5) is 13.2. The topological polar surface area (TPSA) is 79.4 Å². The molecule has 1 saturated heterocycles. The quantitative estimate of drug-likeness (QED) is 0.779. The number of fused-ring (bicyclic) bond motifs is 1. The minimum atomic E-state index is -0.555. The maximum absolute atomic E-state index is 13.2. The van der Waals surface area contributed by atoms with Crippen LogP contribution < -0.4 is 5.32 Å². The molecule has 0 bridgehead atoms. The van der Waals surface area contributed by atoms with Crippen LogP contribution in [0.3, 0.4) is 0 Å². The number of nitriles is 1. The van der Waals surface area contributed by atoms with Crippen LogP contribution in [0, 0.1) is 18.3 Å². The van der Waals surface area contributed by atoms with Crippen LogP contribution in [0.1, 0.15) is 39.9 Å². The van der Waals surface area contributed by atoms with Gasteiger partial charge in [-0.05, 0) is 55.2 Å². The molecule has 0 saturated carbocycles. The lowest BCUT2D eigenvalue weighted by Crippen LogP contribution is -2.49. The lowest BCUT2D eigenvalue weighted by atomic mass is 9.81. The number of nitrogens with zero attached hydrogens (tertiary/aromatic N) is 3. The largest absolute Gasteiger partial charge is 0.381 e. The molecule has 1 aliphatic rings. The van der Waals surface area contributed by atoms with E-state index in [-0.39, 0.29) is 5.91 Å². The summed E-state index contributed by atoms with van der Waals surface area (Å²) in [5.41, 5.74) is 3.35. The predicted molar refractivity (Wildman–Crippen MR) is 100 cm³/mol. The van der Waals surface area contributed by atoms with Crippen molar-refractivity contribution in [1.29, 1.82) is 5.26 Å². The maximum Gasteiger partial charge on any atom is 0.255 e. The molecule has 6 nitrogen and oxygen atoms in total. The molecule has 136 valence electrons. The van der Waals surface area contributed by atoms with Gasteiger partial charge in [0, 0.05) is 19.4 Å². The first-order valence-electron chi connectivity index (χ1n) is 8.96. The number of rotatable bonds is 3. The normalized spacial score (nSPS) is 16.0. The molecule has 4 rings (SSSR count). The Morgan fingerprint density at radius 3 is 2.89 bits per heavy atom. The number of hydrogen-bond donors (Lipinski definition) is 1. The molecule has 3 aromatic rings. The molecule has 0 unspecified atom stereocenters. The van der Waals surface area contributed by atoms with E-state index in [1.54, 1.807) is 16.8 Å². The van der Waals surface area contributed by atoms with E-state index >= 15 is 0 Å². The summed E-state index contributed by atoms with van der Waals surface area (Å²) in [5.74, 6) is -0.167. The van der Waals surface area contributed by atoms with Gasteiger partial charge >= 0.3 is 0 Å². The van der Waals surface area contributed by atoms with E-state index in [0.29, 0.717) is 37.2 Å². The summed E-state index contributed by atoms with van der Waals surface area (Å²) < 4.78 is 7.23. The van der Waals surface area contributed by atoms with Crippen LogP contribution in [0.2, 0.25) is 0 Å². The van der Waals surface area contributed by atoms with E-state index in [2.05, 4.69) is 16.5 Å². The van der Waals surface area contributed by atoms with Gasteiger partial charge in [-0.3, -0.25) is 4.79 Å². The first-order chi connectivity index (χ1) is 13.1. The highest BCUT2D eigenvalue weighted by atomic mass is 16.5. The van der Waals surface area contributed by atoms with Crippen molar-refractivity contribution in [2.24, 2.45) is 0 Å². The first kappa shape index (κ1) is 17.3.